The molecule has 1 aromatic rings. The zero-order chi connectivity index (χ0) is 9.80. The molecule has 2 heterocycles. The van der Waals surface area contributed by atoms with Crippen molar-refractivity contribution >= 4 is 35.1 Å². The molecule has 0 saturated carbocycles. The number of aromatic nitrogens is 2. The van der Waals surface area contributed by atoms with Crippen LogP contribution < -0.4 is 0 Å². The van der Waals surface area contributed by atoms with E-state index >= 15 is 0 Å². The molecule has 0 radical (unpaired) electrons. The Morgan fingerprint density at radius 3 is 2.71 bits per heavy atom. The highest BCUT2D eigenvalue weighted by Gasteiger charge is 2.18. The van der Waals surface area contributed by atoms with Crippen molar-refractivity contribution < 1.29 is 0 Å². The van der Waals surface area contributed by atoms with E-state index in [1.165, 1.54) is 11.5 Å². The first-order chi connectivity index (χ1) is 6.90. The first-order valence-corrected chi connectivity index (χ1v) is 7.20. The Bertz CT molecular complexity index is 285. The minimum atomic E-state index is 0.470. The van der Waals surface area contributed by atoms with Crippen LogP contribution >= 0.6 is 35.1 Å². The van der Waals surface area contributed by atoms with E-state index in [0.717, 1.165) is 17.1 Å². The van der Waals surface area contributed by atoms with Gasteiger partial charge in [0.1, 0.15) is 5.82 Å². The number of hydrogen-bond acceptors (Lipinski definition) is 4. The van der Waals surface area contributed by atoms with Gasteiger partial charge in [0.2, 0.25) is 0 Å². The van der Waals surface area contributed by atoms with Crippen LogP contribution in [0.25, 0.3) is 0 Å². The summed E-state index contributed by atoms with van der Waals surface area (Å²) in [6.45, 7) is 0. The van der Waals surface area contributed by atoms with Gasteiger partial charge in [0.25, 0.3) is 0 Å². The van der Waals surface area contributed by atoms with E-state index < -0.39 is 0 Å². The van der Waals surface area contributed by atoms with Crippen LogP contribution in [0.15, 0.2) is 12.4 Å². The zero-order valence-electron chi connectivity index (χ0n) is 7.65. The maximum absolute atomic E-state index is 5.68. The second kappa shape index (κ2) is 5.24. The molecule has 0 spiro atoms. The summed E-state index contributed by atoms with van der Waals surface area (Å²) in [5.74, 6) is 5.03. The molecule has 14 heavy (non-hydrogen) atoms. The van der Waals surface area contributed by atoms with Gasteiger partial charge in [0, 0.05) is 35.2 Å². The molecule has 0 aromatic carbocycles. The van der Waals surface area contributed by atoms with Gasteiger partial charge in [-0.2, -0.15) is 11.8 Å². The number of nitrogens with zero attached hydrogens (tertiary/aromatic N) is 2. The van der Waals surface area contributed by atoms with Gasteiger partial charge < -0.3 is 0 Å². The second-order valence-corrected chi connectivity index (χ2v) is 5.75. The molecule has 1 atom stereocenters. The smallest absolute Gasteiger partial charge is 0.141 e. The largest absolute Gasteiger partial charge is 0.240 e. The van der Waals surface area contributed by atoms with Crippen molar-refractivity contribution in [3.63, 3.8) is 0 Å². The summed E-state index contributed by atoms with van der Waals surface area (Å²) in [7, 11) is 0. The number of rotatable bonds is 2. The summed E-state index contributed by atoms with van der Waals surface area (Å²) in [6.07, 6.45) is 3.66. The Balaban J connectivity index is 2.07. The van der Waals surface area contributed by atoms with Crippen LogP contribution in [0.4, 0.5) is 0 Å². The zero-order valence-corrected chi connectivity index (χ0v) is 10.0. The van der Waals surface area contributed by atoms with Gasteiger partial charge >= 0.3 is 0 Å². The van der Waals surface area contributed by atoms with Crippen molar-refractivity contribution in [2.75, 3.05) is 17.3 Å². The number of halogens is 1. The molecule has 0 aliphatic carbocycles. The molecule has 76 valence electrons. The fourth-order valence-corrected chi connectivity index (χ4v) is 3.99. The van der Waals surface area contributed by atoms with Crippen LogP contribution in [-0.4, -0.2) is 27.2 Å². The van der Waals surface area contributed by atoms with E-state index in [9.17, 15) is 0 Å². The fraction of sp³-hybridized carbons (Fsp3) is 0.556. The Kier molecular flexibility index (Phi) is 3.96. The number of hydrogen-bond donors (Lipinski definition) is 0. The molecule has 1 aliphatic heterocycles. The lowest BCUT2D eigenvalue weighted by Crippen LogP contribution is -2.10. The van der Waals surface area contributed by atoms with Crippen LogP contribution in [-0.2, 0) is 5.88 Å². The van der Waals surface area contributed by atoms with Gasteiger partial charge in [0.15, 0.2) is 0 Å². The maximum atomic E-state index is 5.68. The Morgan fingerprint density at radius 1 is 1.36 bits per heavy atom. The normalized spacial score (nSPS) is 22.2. The van der Waals surface area contributed by atoms with Gasteiger partial charge in [-0.05, 0) is 0 Å². The highest BCUT2D eigenvalue weighted by molar-refractivity contribution is 8.06. The molecule has 0 N–H and O–H groups in total. The Hall–Kier alpha value is 0.0700. The molecule has 1 unspecified atom stereocenters. The van der Waals surface area contributed by atoms with Gasteiger partial charge in [-0.15, -0.1) is 23.4 Å². The first kappa shape index (κ1) is 10.6. The molecule has 0 bridgehead atoms. The van der Waals surface area contributed by atoms with Gasteiger partial charge in [-0.3, -0.25) is 0 Å². The van der Waals surface area contributed by atoms with E-state index in [0.29, 0.717) is 11.1 Å². The quantitative estimate of drug-likeness (QED) is 0.750. The van der Waals surface area contributed by atoms with Crippen LogP contribution in [0, 0.1) is 0 Å². The van der Waals surface area contributed by atoms with Crippen LogP contribution in [0.3, 0.4) is 0 Å². The predicted molar refractivity (Wildman–Crippen MR) is 64.1 cm³/mol. The van der Waals surface area contributed by atoms with Crippen molar-refractivity contribution in [3.8, 4) is 0 Å². The average Bonchev–Trinajstić information content (AvgIpc) is 2.30. The summed E-state index contributed by atoms with van der Waals surface area (Å²) in [5, 5.41) is 0.470. The average molecular weight is 247 g/mol. The monoisotopic (exact) mass is 246 g/mol. The molecule has 0 amide bonds. The highest BCUT2D eigenvalue weighted by atomic mass is 35.5. The Morgan fingerprint density at radius 2 is 2.14 bits per heavy atom. The summed E-state index contributed by atoms with van der Waals surface area (Å²) in [6, 6.07) is 0. The van der Waals surface area contributed by atoms with E-state index in [2.05, 4.69) is 9.97 Å². The molecule has 1 fully saturated rings. The van der Waals surface area contributed by atoms with Crippen LogP contribution in [0.2, 0.25) is 0 Å². The number of alkyl halides is 1. The summed E-state index contributed by atoms with van der Waals surface area (Å²) >= 11 is 9.61. The lowest BCUT2D eigenvalue weighted by Gasteiger charge is -2.19. The Labute approximate surface area is 97.2 Å². The molecule has 1 aliphatic rings. The fourth-order valence-electron chi connectivity index (χ4n) is 1.24. The van der Waals surface area contributed by atoms with Crippen LogP contribution in [0.1, 0.15) is 16.6 Å². The van der Waals surface area contributed by atoms with Crippen molar-refractivity contribution in [1.29, 1.82) is 0 Å². The van der Waals surface area contributed by atoms with Crippen molar-refractivity contribution in [2.45, 2.75) is 11.1 Å². The van der Waals surface area contributed by atoms with E-state index in [-0.39, 0.29) is 0 Å². The SMILES string of the molecule is ClCc1cnc(C2CSCCS2)nc1. The van der Waals surface area contributed by atoms with Crippen molar-refractivity contribution in [3.05, 3.63) is 23.8 Å². The predicted octanol–water partition coefficient (Wildman–Crippen LogP) is 2.74. The van der Waals surface area contributed by atoms with Gasteiger partial charge in [-0.25, -0.2) is 9.97 Å². The molecule has 2 nitrogen and oxygen atoms in total. The van der Waals surface area contributed by atoms with Crippen LogP contribution in [0.5, 0.6) is 0 Å². The summed E-state index contributed by atoms with van der Waals surface area (Å²) in [4.78, 5) is 8.69. The van der Waals surface area contributed by atoms with Crippen molar-refractivity contribution in [2.24, 2.45) is 0 Å². The minimum Gasteiger partial charge on any atom is -0.240 e. The second-order valence-electron chi connectivity index (χ2n) is 3.02. The maximum Gasteiger partial charge on any atom is 0.141 e. The molecule has 2 rings (SSSR count). The van der Waals surface area contributed by atoms with E-state index in [4.69, 9.17) is 11.6 Å². The topological polar surface area (TPSA) is 25.8 Å². The third-order valence-electron chi connectivity index (χ3n) is 1.98. The van der Waals surface area contributed by atoms with E-state index in [1.807, 2.05) is 35.9 Å². The lowest BCUT2D eigenvalue weighted by atomic mass is 10.3. The van der Waals surface area contributed by atoms with Gasteiger partial charge in [0.05, 0.1) is 11.1 Å². The first-order valence-electron chi connectivity index (χ1n) is 4.46. The minimum absolute atomic E-state index is 0.470. The molecular weight excluding hydrogens is 236 g/mol. The lowest BCUT2D eigenvalue weighted by molar-refractivity contribution is 0.912. The van der Waals surface area contributed by atoms with Gasteiger partial charge in [-0.1, -0.05) is 0 Å². The molecule has 1 aromatic heterocycles. The molecule has 5 heteroatoms. The standard InChI is InChI=1S/C9H11ClN2S2/c10-3-7-4-11-9(12-5-7)8-6-13-1-2-14-8/h4-5,8H,1-3,6H2. The third kappa shape index (κ3) is 2.55. The third-order valence-corrected chi connectivity index (χ3v) is 5.04. The molecule has 1 saturated heterocycles. The summed E-state index contributed by atoms with van der Waals surface area (Å²) in [5.41, 5.74) is 0.990. The summed E-state index contributed by atoms with van der Waals surface area (Å²) < 4.78 is 0. The van der Waals surface area contributed by atoms with E-state index in [1.54, 1.807) is 0 Å². The number of thioether (sulfide) groups is 2. The van der Waals surface area contributed by atoms with Crippen molar-refractivity contribution in [1.82, 2.24) is 9.97 Å². The highest BCUT2D eigenvalue weighted by Crippen LogP contribution is 2.34. The molecular formula is C9H11ClN2S2.